The van der Waals surface area contributed by atoms with E-state index in [2.05, 4.69) is 17.1 Å². The van der Waals surface area contributed by atoms with Crippen LogP contribution in [0.2, 0.25) is 0 Å². The number of piperazine rings is 1. The van der Waals surface area contributed by atoms with Crippen LogP contribution in [0.25, 0.3) is 0 Å². The van der Waals surface area contributed by atoms with Crippen molar-refractivity contribution in [1.82, 2.24) is 10.2 Å². The second kappa shape index (κ2) is 4.72. The Kier molecular flexibility index (Phi) is 3.31. The zero-order valence-corrected chi connectivity index (χ0v) is 9.48. The van der Waals surface area contributed by atoms with Gasteiger partial charge in [0.05, 0.1) is 0 Å². The van der Waals surface area contributed by atoms with Crippen LogP contribution in [0.1, 0.15) is 18.5 Å². The summed E-state index contributed by atoms with van der Waals surface area (Å²) < 4.78 is 0. The van der Waals surface area contributed by atoms with Crippen LogP contribution in [0.3, 0.4) is 0 Å². The molecule has 4 nitrogen and oxygen atoms in total. The van der Waals surface area contributed by atoms with E-state index in [1.54, 1.807) is 12.1 Å². The fraction of sp³-hybridized carbons (Fsp3) is 0.500. The second-order valence-electron chi connectivity index (χ2n) is 4.21. The van der Waals surface area contributed by atoms with E-state index in [4.69, 9.17) is 0 Å². The Morgan fingerprint density at radius 1 is 1.25 bits per heavy atom. The molecule has 0 unspecified atom stereocenters. The van der Waals surface area contributed by atoms with Crippen molar-refractivity contribution in [1.29, 1.82) is 0 Å². The number of aromatic hydroxyl groups is 2. The number of phenolic OH excluding ortho intramolecular Hbond substituents is 2. The lowest BCUT2D eigenvalue weighted by atomic mass is 10.0. The molecule has 0 aromatic heterocycles. The number of benzene rings is 1. The highest BCUT2D eigenvalue weighted by Crippen LogP contribution is 2.31. The first-order valence-electron chi connectivity index (χ1n) is 5.65. The van der Waals surface area contributed by atoms with Crippen molar-refractivity contribution >= 4 is 0 Å². The number of nitrogens with one attached hydrogen (secondary N) is 1. The molecule has 1 aliphatic rings. The molecular formula is C12H18N2O2. The minimum atomic E-state index is 0.105. The van der Waals surface area contributed by atoms with E-state index in [1.165, 1.54) is 6.07 Å². The van der Waals surface area contributed by atoms with E-state index in [1.807, 2.05) is 0 Å². The molecule has 1 atom stereocenters. The van der Waals surface area contributed by atoms with Gasteiger partial charge < -0.3 is 15.5 Å². The zero-order chi connectivity index (χ0) is 11.5. The van der Waals surface area contributed by atoms with Gasteiger partial charge in [-0.3, -0.25) is 4.90 Å². The highest BCUT2D eigenvalue weighted by atomic mass is 16.3. The van der Waals surface area contributed by atoms with Gasteiger partial charge in [-0.2, -0.15) is 0 Å². The maximum Gasteiger partial charge on any atom is 0.124 e. The predicted octanol–water partition coefficient (Wildman–Crippen LogP) is 1.06. The van der Waals surface area contributed by atoms with Crippen molar-refractivity contribution in [3.8, 4) is 11.5 Å². The summed E-state index contributed by atoms with van der Waals surface area (Å²) in [7, 11) is 0. The first-order valence-corrected chi connectivity index (χ1v) is 5.65. The van der Waals surface area contributed by atoms with Crippen LogP contribution in [-0.2, 0) is 0 Å². The molecule has 1 aromatic rings. The maximum absolute atomic E-state index is 9.79. The third kappa shape index (κ3) is 2.28. The summed E-state index contributed by atoms with van der Waals surface area (Å²) in [4.78, 5) is 2.32. The fourth-order valence-electron chi connectivity index (χ4n) is 2.15. The van der Waals surface area contributed by atoms with E-state index in [-0.39, 0.29) is 17.5 Å². The second-order valence-corrected chi connectivity index (χ2v) is 4.21. The van der Waals surface area contributed by atoms with Gasteiger partial charge >= 0.3 is 0 Å². The Morgan fingerprint density at radius 2 is 1.94 bits per heavy atom. The molecule has 0 radical (unpaired) electrons. The molecular weight excluding hydrogens is 204 g/mol. The number of hydrogen-bond acceptors (Lipinski definition) is 4. The Bertz CT molecular complexity index is 362. The molecule has 0 bridgehead atoms. The monoisotopic (exact) mass is 222 g/mol. The first-order chi connectivity index (χ1) is 7.68. The van der Waals surface area contributed by atoms with Crippen molar-refractivity contribution in [3.05, 3.63) is 23.8 Å². The lowest BCUT2D eigenvalue weighted by Gasteiger charge is -2.33. The van der Waals surface area contributed by atoms with Crippen molar-refractivity contribution in [2.24, 2.45) is 0 Å². The van der Waals surface area contributed by atoms with Gasteiger partial charge in [0.2, 0.25) is 0 Å². The van der Waals surface area contributed by atoms with Crippen molar-refractivity contribution in [3.63, 3.8) is 0 Å². The SMILES string of the molecule is C[C@@H](c1ccc(O)cc1O)N1CCNCC1. The van der Waals surface area contributed by atoms with E-state index >= 15 is 0 Å². The van der Waals surface area contributed by atoms with E-state index in [0.29, 0.717) is 0 Å². The molecule has 1 saturated heterocycles. The van der Waals surface area contributed by atoms with E-state index < -0.39 is 0 Å². The summed E-state index contributed by atoms with van der Waals surface area (Å²) in [5, 5.41) is 22.3. The fourth-order valence-corrected chi connectivity index (χ4v) is 2.15. The third-order valence-corrected chi connectivity index (χ3v) is 3.16. The number of hydrogen-bond donors (Lipinski definition) is 3. The summed E-state index contributed by atoms with van der Waals surface area (Å²) >= 11 is 0. The van der Waals surface area contributed by atoms with Gasteiger partial charge in [-0.25, -0.2) is 0 Å². The molecule has 0 amide bonds. The Hall–Kier alpha value is -1.26. The smallest absolute Gasteiger partial charge is 0.124 e. The van der Waals surface area contributed by atoms with Crippen LogP contribution >= 0.6 is 0 Å². The zero-order valence-electron chi connectivity index (χ0n) is 9.48. The van der Waals surface area contributed by atoms with E-state index in [9.17, 15) is 10.2 Å². The van der Waals surface area contributed by atoms with Crippen molar-refractivity contribution < 1.29 is 10.2 Å². The van der Waals surface area contributed by atoms with Crippen LogP contribution < -0.4 is 5.32 Å². The first kappa shape index (κ1) is 11.2. The molecule has 88 valence electrons. The predicted molar refractivity (Wildman–Crippen MR) is 62.6 cm³/mol. The van der Waals surface area contributed by atoms with Crippen LogP contribution in [0.4, 0.5) is 0 Å². The average molecular weight is 222 g/mol. The third-order valence-electron chi connectivity index (χ3n) is 3.16. The summed E-state index contributed by atoms with van der Waals surface area (Å²) in [6.45, 7) is 6.03. The molecule has 1 aromatic carbocycles. The molecule has 3 N–H and O–H groups in total. The summed E-state index contributed by atoms with van der Waals surface area (Å²) in [5.41, 5.74) is 0.875. The molecule has 1 aliphatic heterocycles. The topological polar surface area (TPSA) is 55.7 Å². The van der Waals surface area contributed by atoms with Gasteiger partial charge in [-0.05, 0) is 13.0 Å². The quantitative estimate of drug-likeness (QED) is 0.700. The highest BCUT2D eigenvalue weighted by Gasteiger charge is 2.20. The lowest BCUT2D eigenvalue weighted by molar-refractivity contribution is 0.183. The number of nitrogens with zero attached hydrogens (tertiary/aromatic N) is 1. The summed E-state index contributed by atoms with van der Waals surface area (Å²) in [5.74, 6) is 0.278. The molecule has 16 heavy (non-hydrogen) atoms. The van der Waals surface area contributed by atoms with Gasteiger partial charge in [-0.15, -0.1) is 0 Å². The van der Waals surface area contributed by atoms with Gasteiger partial charge in [0.15, 0.2) is 0 Å². The van der Waals surface area contributed by atoms with Crippen LogP contribution in [-0.4, -0.2) is 41.3 Å². The molecule has 0 spiro atoms. The lowest BCUT2D eigenvalue weighted by Crippen LogP contribution is -2.44. The van der Waals surface area contributed by atoms with Gasteiger partial charge in [0.25, 0.3) is 0 Å². The largest absolute Gasteiger partial charge is 0.508 e. The molecule has 1 fully saturated rings. The van der Waals surface area contributed by atoms with Crippen LogP contribution in [0.15, 0.2) is 18.2 Å². The molecule has 1 heterocycles. The Morgan fingerprint density at radius 3 is 2.56 bits per heavy atom. The minimum Gasteiger partial charge on any atom is -0.508 e. The summed E-state index contributed by atoms with van der Waals surface area (Å²) in [6.07, 6.45) is 0. The minimum absolute atomic E-state index is 0.105. The van der Waals surface area contributed by atoms with Crippen LogP contribution in [0.5, 0.6) is 11.5 Å². The maximum atomic E-state index is 9.79. The van der Waals surface area contributed by atoms with Crippen LogP contribution in [0, 0.1) is 0 Å². The van der Waals surface area contributed by atoms with E-state index in [0.717, 1.165) is 31.7 Å². The molecule has 4 heteroatoms. The van der Waals surface area contributed by atoms with Crippen molar-refractivity contribution in [2.45, 2.75) is 13.0 Å². The average Bonchev–Trinajstić information content (AvgIpc) is 2.29. The Labute approximate surface area is 95.5 Å². The van der Waals surface area contributed by atoms with Gasteiger partial charge in [0, 0.05) is 43.9 Å². The van der Waals surface area contributed by atoms with Gasteiger partial charge in [-0.1, -0.05) is 6.07 Å². The summed E-state index contributed by atoms with van der Waals surface area (Å²) in [6, 6.07) is 4.99. The number of phenols is 2. The molecule has 2 rings (SSSR count). The normalized spacial score (nSPS) is 19.6. The van der Waals surface area contributed by atoms with Crippen molar-refractivity contribution in [2.75, 3.05) is 26.2 Å². The van der Waals surface area contributed by atoms with Gasteiger partial charge in [0.1, 0.15) is 11.5 Å². The molecule has 0 aliphatic carbocycles. The number of rotatable bonds is 2. The molecule has 0 saturated carbocycles. The highest BCUT2D eigenvalue weighted by molar-refractivity contribution is 5.40. The Balaban J connectivity index is 2.15. The standard InChI is InChI=1S/C12H18N2O2/c1-9(14-6-4-13-5-7-14)11-3-2-10(15)8-12(11)16/h2-3,8-9,13,15-16H,4-7H2,1H3/t9-/m0/s1.